The lowest BCUT2D eigenvalue weighted by atomic mass is 10.2. The highest BCUT2D eigenvalue weighted by atomic mass is 31.1. The first-order valence-corrected chi connectivity index (χ1v) is 6.85. The van der Waals surface area contributed by atoms with E-state index in [1.807, 2.05) is 0 Å². The van der Waals surface area contributed by atoms with E-state index in [-0.39, 0.29) is 7.53 Å². The normalized spacial score (nSPS) is 11.9. The molecule has 0 aliphatic carbocycles. The van der Waals surface area contributed by atoms with Crippen LogP contribution in [0.2, 0.25) is 0 Å². The summed E-state index contributed by atoms with van der Waals surface area (Å²) in [6, 6.07) is 4.16. The molecule has 0 saturated carbocycles. The minimum Gasteiger partial charge on any atom is -0.396 e. The van der Waals surface area contributed by atoms with Gasteiger partial charge in [0.25, 0.3) is 0 Å². The molecule has 74 valence electrons. The van der Waals surface area contributed by atoms with Gasteiger partial charge in [-0.05, 0) is 24.4 Å². The van der Waals surface area contributed by atoms with E-state index in [0.717, 1.165) is 5.42 Å². The van der Waals surface area contributed by atoms with Gasteiger partial charge in [-0.25, -0.2) is 0 Å². The van der Waals surface area contributed by atoms with Gasteiger partial charge < -0.3 is 5.73 Å². The van der Waals surface area contributed by atoms with Crippen molar-refractivity contribution in [2.45, 2.75) is 45.2 Å². The Balaban J connectivity index is 2.10. The Kier molecular flexibility index (Phi) is 5.00. The number of anilines is 1. The molecule has 1 unspecified atom stereocenters. The molecule has 0 amide bonds. The Morgan fingerprint density at radius 2 is 2.00 bits per heavy atom. The van der Waals surface area contributed by atoms with Crippen molar-refractivity contribution in [1.29, 1.82) is 0 Å². The van der Waals surface area contributed by atoms with Crippen LogP contribution in [-0.2, 0) is 6.16 Å². The molecule has 1 nitrogen and oxygen atoms in total. The molecule has 0 aliphatic heterocycles. The fourth-order valence-corrected chi connectivity index (χ4v) is 3.23. The molecule has 2 heteroatoms. The minimum absolute atomic E-state index is 0.0689. The number of hydrogen-bond acceptors (Lipinski definition) is 1. The maximum atomic E-state index is 5.85. The Morgan fingerprint density at radius 3 is 2.62 bits per heavy atom. The largest absolute Gasteiger partial charge is 0.396 e. The smallest absolute Gasteiger partial charge is 0.0508 e. The molecule has 13 heavy (non-hydrogen) atoms. The third-order valence-corrected chi connectivity index (χ3v) is 4.51. The summed E-state index contributed by atoms with van der Waals surface area (Å²) in [7, 11) is -0.0689. The molecular weight excluding hydrogens is 177 g/mol. The zero-order chi connectivity index (χ0) is 9.52. The van der Waals surface area contributed by atoms with Gasteiger partial charge in [-0.3, -0.25) is 0 Å². The first-order valence-electron chi connectivity index (χ1n) is 5.25. The molecule has 1 rings (SSSR count). The van der Waals surface area contributed by atoms with Crippen molar-refractivity contribution in [3.63, 3.8) is 0 Å². The van der Waals surface area contributed by atoms with E-state index in [1.54, 1.807) is 0 Å². The summed E-state index contributed by atoms with van der Waals surface area (Å²) >= 11 is 0. The van der Waals surface area contributed by atoms with Gasteiger partial charge in [-0.15, -0.1) is 7.53 Å². The van der Waals surface area contributed by atoms with Crippen LogP contribution in [0.15, 0.2) is 17.9 Å². The van der Waals surface area contributed by atoms with Gasteiger partial charge >= 0.3 is 0 Å². The second kappa shape index (κ2) is 6.10. The highest BCUT2D eigenvalue weighted by Crippen LogP contribution is 2.38. The Morgan fingerprint density at radius 1 is 1.23 bits per heavy atom. The summed E-state index contributed by atoms with van der Waals surface area (Å²) in [5, 5.41) is 0. The second-order valence-corrected chi connectivity index (χ2v) is 5.74. The fourth-order valence-electron chi connectivity index (χ4n) is 1.52. The first kappa shape index (κ1) is 10.7. The van der Waals surface area contributed by atoms with Gasteiger partial charge in [0.05, 0.1) is 5.42 Å². The summed E-state index contributed by atoms with van der Waals surface area (Å²) in [4.78, 5) is 0. The van der Waals surface area contributed by atoms with Gasteiger partial charge in [0.1, 0.15) is 0 Å². The molecule has 1 aromatic heterocycles. The number of nitrogens with two attached hydrogens (primary N) is 1. The van der Waals surface area contributed by atoms with Crippen LogP contribution in [0.1, 0.15) is 39.0 Å². The molecule has 0 aliphatic rings. The van der Waals surface area contributed by atoms with E-state index in [0.29, 0.717) is 0 Å². The van der Waals surface area contributed by atoms with E-state index >= 15 is 0 Å². The molecule has 0 spiro atoms. The molecule has 2 N–H and O–H groups in total. The van der Waals surface area contributed by atoms with Crippen LogP contribution in [-0.4, -0.2) is 0 Å². The van der Waals surface area contributed by atoms with Gasteiger partial charge in [-0.1, -0.05) is 38.7 Å². The van der Waals surface area contributed by atoms with Crippen LogP contribution in [0.4, 0.5) is 5.42 Å². The van der Waals surface area contributed by atoms with Crippen LogP contribution in [0.25, 0.3) is 0 Å². The Bertz CT molecular complexity index is 230. The highest BCUT2D eigenvalue weighted by Gasteiger charge is 1.97. The van der Waals surface area contributed by atoms with Crippen LogP contribution in [0, 0.1) is 0 Å². The summed E-state index contributed by atoms with van der Waals surface area (Å²) in [5.74, 6) is 2.28. The number of rotatable bonds is 6. The van der Waals surface area contributed by atoms with Crippen molar-refractivity contribution in [2.24, 2.45) is 0 Å². The van der Waals surface area contributed by atoms with Crippen molar-refractivity contribution in [1.82, 2.24) is 0 Å². The maximum Gasteiger partial charge on any atom is 0.0508 e. The first-order chi connectivity index (χ1) is 6.34. The molecule has 1 aromatic rings. The summed E-state index contributed by atoms with van der Waals surface area (Å²) in [6.07, 6.45) is 8.15. The molecule has 0 saturated heterocycles. The van der Waals surface area contributed by atoms with Crippen LogP contribution in [0.3, 0.4) is 0 Å². The third kappa shape index (κ3) is 3.87. The number of unbranched alkanes of at least 4 members (excludes halogenated alkanes) is 4. The molecule has 0 aromatic carbocycles. The highest BCUT2D eigenvalue weighted by molar-refractivity contribution is 7.52. The molecular formula is C11H20NP. The van der Waals surface area contributed by atoms with E-state index in [1.165, 1.54) is 38.3 Å². The Hall–Kier alpha value is -0.420. The van der Waals surface area contributed by atoms with E-state index < -0.39 is 0 Å². The van der Waals surface area contributed by atoms with E-state index in [4.69, 9.17) is 5.73 Å². The van der Waals surface area contributed by atoms with Gasteiger partial charge in [0.15, 0.2) is 0 Å². The van der Waals surface area contributed by atoms with Crippen molar-refractivity contribution >= 4 is 13.0 Å². The lowest BCUT2D eigenvalue weighted by molar-refractivity contribution is 0.648. The molecule has 0 radical (unpaired) electrons. The predicted molar refractivity (Wildman–Crippen MR) is 62.3 cm³/mol. The van der Waals surface area contributed by atoms with Crippen molar-refractivity contribution in [3.8, 4) is 0 Å². The average molecular weight is 197 g/mol. The van der Waals surface area contributed by atoms with Gasteiger partial charge in [-0.2, -0.15) is 0 Å². The topological polar surface area (TPSA) is 26.0 Å². The number of aryl methyl sites for hydroxylation is 1. The summed E-state index contributed by atoms with van der Waals surface area (Å²) < 4.78 is 0. The van der Waals surface area contributed by atoms with Crippen molar-refractivity contribution in [2.75, 3.05) is 5.73 Å². The predicted octanol–water partition coefficient (Wildman–Crippen LogP) is 4.23. The number of hydrogen-bond donors (Lipinski definition) is 1. The van der Waals surface area contributed by atoms with E-state index in [9.17, 15) is 0 Å². The van der Waals surface area contributed by atoms with Crippen molar-refractivity contribution < 1.29 is 0 Å². The molecule has 0 fully saturated rings. The average Bonchev–Trinajstić information content (AvgIpc) is 2.52. The van der Waals surface area contributed by atoms with E-state index in [2.05, 4.69) is 24.9 Å². The van der Waals surface area contributed by atoms with Crippen LogP contribution in [0.5, 0.6) is 0 Å². The minimum atomic E-state index is -0.0689. The third-order valence-electron chi connectivity index (χ3n) is 2.37. The van der Waals surface area contributed by atoms with Gasteiger partial charge in [0.2, 0.25) is 0 Å². The zero-order valence-corrected chi connectivity index (χ0v) is 9.39. The monoisotopic (exact) mass is 197 g/mol. The standard InChI is InChI=1S/C11H20NP/c1-2-3-4-5-6-9-13-10-7-8-11(13)12/h7-8,10H,2-6,9,12H2,1H3. The van der Waals surface area contributed by atoms with Gasteiger partial charge in [0, 0.05) is 0 Å². The summed E-state index contributed by atoms with van der Waals surface area (Å²) in [6.45, 7) is 2.25. The SMILES string of the molecule is CCCCCCCp1cccc1N. The van der Waals surface area contributed by atoms with Crippen LogP contribution < -0.4 is 5.73 Å². The quantitative estimate of drug-likeness (QED) is 0.678. The second-order valence-electron chi connectivity index (χ2n) is 3.54. The van der Waals surface area contributed by atoms with Crippen molar-refractivity contribution in [3.05, 3.63) is 17.9 Å². The molecule has 1 heterocycles. The zero-order valence-electron chi connectivity index (χ0n) is 8.50. The Labute approximate surface area is 82.4 Å². The molecule has 1 atom stereocenters. The lowest BCUT2D eigenvalue weighted by Crippen LogP contribution is -1.80. The summed E-state index contributed by atoms with van der Waals surface area (Å²) in [5.41, 5.74) is 6.96. The number of nitrogen functional groups attached to an aromatic ring is 1. The molecule has 0 bridgehead atoms. The van der Waals surface area contributed by atoms with Crippen LogP contribution >= 0.6 is 7.53 Å². The lowest BCUT2D eigenvalue weighted by Gasteiger charge is -2.01. The maximum absolute atomic E-state index is 5.85. The fraction of sp³-hybridized carbons (Fsp3) is 0.636.